The fourth-order valence-electron chi connectivity index (χ4n) is 7.34. The summed E-state index contributed by atoms with van der Waals surface area (Å²) in [5.41, 5.74) is 1.20. The summed E-state index contributed by atoms with van der Waals surface area (Å²) in [7, 11) is 0. The van der Waals surface area contributed by atoms with Crippen LogP contribution in [0.2, 0.25) is 0 Å². The molecule has 3 fully saturated rings. The largest absolute Gasteiger partial charge is 0.340 e. The summed E-state index contributed by atoms with van der Waals surface area (Å²) in [6.45, 7) is 6.75. The molecule has 6 heteroatoms. The molecular formula is C31H49N5S. The molecule has 5 rings (SSSR count). The predicted octanol–water partition coefficient (Wildman–Crippen LogP) is 8.01. The molecule has 0 aromatic carbocycles. The van der Waals surface area contributed by atoms with Crippen LogP contribution < -0.4 is 4.90 Å². The molecule has 2 aromatic heterocycles. The highest BCUT2D eigenvalue weighted by molar-refractivity contribution is 7.11. The van der Waals surface area contributed by atoms with Crippen molar-refractivity contribution in [3.8, 4) is 0 Å². The summed E-state index contributed by atoms with van der Waals surface area (Å²) in [6, 6.07) is 0. The lowest BCUT2D eigenvalue weighted by molar-refractivity contribution is 0.204. The summed E-state index contributed by atoms with van der Waals surface area (Å²) < 4.78 is 0. The van der Waals surface area contributed by atoms with Crippen molar-refractivity contribution < 1.29 is 0 Å². The van der Waals surface area contributed by atoms with Crippen molar-refractivity contribution in [2.75, 3.05) is 18.0 Å². The van der Waals surface area contributed by atoms with Gasteiger partial charge in [-0.05, 0) is 61.3 Å². The van der Waals surface area contributed by atoms with Crippen LogP contribution in [0.25, 0.3) is 0 Å². The van der Waals surface area contributed by atoms with Gasteiger partial charge in [0.2, 0.25) is 5.95 Å². The summed E-state index contributed by atoms with van der Waals surface area (Å²) in [6.07, 6.45) is 25.7. The molecule has 204 valence electrons. The molecule has 0 bridgehead atoms. The van der Waals surface area contributed by atoms with E-state index in [1.54, 1.807) is 0 Å². The monoisotopic (exact) mass is 523 g/mol. The smallest absolute Gasteiger partial charge is 0.225 e. The molecule has 4 atom stereocenters. The SMILES string of the molecule is CCc1cnc(N2CCCCC(c3nnc(CC4CCCC(C(C)C5CCCCCC5)CC4)s3)C2)nc1. The summed E-state index contributed by atoms with van der Waals surface area (Å²) in [5, 5.41) is 12.0. The molecule has 1 aliphatic heterocycles. The molecule has 5 nitrogen and oxygen atoms in total. The molecule has 0 amide bonds. The van der Waals surface area contributed by atoms with Gasteiger partial charge in [0.05, 0.1) is 0 Å². The Bertz CT molecular complexity index is 935. The van der Waals surface area contributed by atoms with Gasteiger partial charge in [-0.25, -0.2) is 9.97 Å². The fourth-order valence-corrected chi connectivity index (χ4v) is 8.42. The highest BCUT2D eigenvalue weighted by atomic mass is 32.1. The predicted molar refractivity (Wildman–Crippen MR) is 154 cm³/mol. The van der Waals surface area contributed by atoms with Gasteiger partial charge in [-0.3, -0.25) is 0 Å². The lowest BCUT2D eigenvalue weighted by atomic mass is 9.76. The van der Waals surface area contributed by atoms with Gasteiger partial charge in [-0.2, -0.15) is 0 Å². The van der Waals surface area contributed by atoms with Gasteiger partial charge in [0.1, 0.15) is 10.0 Å². The van der Waals surface area contributed by atoms with Crippen LogP contribution in [0.1, 0.15) is 125 Å². The normalized spacial score (nSPS) is 27.3. The molecule has 2 aliphatic carbocycles. The first-order valence-corrected chi connectivity index (χ1v) is 16.4. The third kappa shape index (κ3) is 7.30. The molecule has 0 spiro atoms. The Morgan fingerprint density at radius 2 is 1.57 bits per heavy atom. The van der Waals surface area contributed by atoms with E-state index >= 15 is 0 Å². The summed E-state index contributed by atoms with van der Waals surface area (Å²) in [4.78, 5) is 11.7. The average molecular weight is 524 g/mol. The number of anilines is 1. The maximum atomic E-state index is 4.74. The van der Waals surface area contributed by atoms with Gasteiger partial charge in [0.15, 0.2) is 0 Å². The standard InChI is InChI=1S/C31H49N5S/c1-3-24-20-32-31(33-21-24)36-18-9-8-14-28(22-36)30-35-34-29(37-30)19-25-11-10-15-27(17-16-25)23(2)26-12-6-4-5-7-13-26/h20-21,23,25-28H,3-19,22H2,1-2H3. The molecule has 1 saturated heterocycles. The van der Waals surface area contributed by atoms with Crippen molar-refractivity contribution in [3.05, 3.63) is 28.0 Å². The second kappa shape index (κ2) is 13.5. The zero-order valence-corrected chi connectivity index (χ0v) is 24.2. The number of aromatic nitrogens is 4. The number of aryl methyl sites for hydroxylation is 1. The minimum absolute atomic E-state index is 0.446. The topological polar surface area (TPSA) is 54.8 Å². The van der Waals surface area contributed by atoms with Gasteiger partial charge in [0.25, 0.3) is 0 Å². The minimum Gasteiger partial charge on any atom is -0.340 e. The molecule has 2 aromatic rings. The Morgan fingerprint density at radius 3 is 2.35 bits per heavy atom. The molecule has 3 aliphatic rings. The third-order valence-corrected chi connectivity index (χ3v) is 11.0. The van der Waals surface area contributed by atoms with E-state index in [0.717, 1.165) is 55.6 Å². The first-order valence-electron chi connectivity index (χ1n) is 15.6. The van der Waals surface area contributed by atoms with E-state index in [1.165, 1.54) is 105 Å². The van der Waals surface area contributed by atoms with Crippen LogP contribution in [-0.4, -0.2) is 33.3 Å². The van der Waals surface area contributed by atoms with Gasteiger partial charge < -0.3 is 4.90 Å². The van der Waals surface area contributed by atoms with E-state index in [2.05, 4.69) is 28.7 Å². The van der Waals surface area contributed by atoms with Crippen LogP contribution in [0.4, 0.5) is 5.95 Å². The van der Waals surface area contributed by atoms with Crippen LogP contribution in [0, 0.1) is 23.7 Å². The molecule has 4 unspecified atom stereocenters. The zero-order valence-electron chi connectivity index (χ0n) is 23.4. The fraction of sp³-hybridized carbons (Fsp3) is 0.806. The molecule has 3 heterocycles. The van der Waals surface area contributed by atoms with Crippen LogP contribution >= 0.6 is 11.3 Å². The van der Waals surface area contributed by atoms with Gasteiger partial charge in [-0.15, -0.1) is 21.5 Å². The Labute approximate surface area is 229 Å². The highest BCUT2D eigenvalue weighted by Gasteiger charge is 2.30. The zero-order chi connectivity index (χ0) is 25.5. The molecule has 37 heavy (non-hydrogen) atoms. The van der Waals surface area contributed by atoms with E-state index in [-0.39, 0.29) is 0 Å². The van der Waals surface area contributed by atoms with Crippen LogP contribution in [-0.2, 0) is 12.8 Å². The Hall–Kier alpha value is -1.56. The lowest BCUT2D eigenvalue weighted by Gasteiger charge is -2.30. The van der Waals surface area contributed by atoms with Crippen molar-refractivity contribution >= 4 is 17.3 Å². The molecule has 0 N–H and O–H groups in total. The van der Waals surface area contributed by atoms with Crippen molar-refractivity contribution in [1.29, 1.82) is 0 Å². The highest BCUT2D eigenvalue weighted by Crippen LogP contribution is 2.40. The summed E-state index contributed by atoms with van der Waals surface area (Å²) in [5.74, 6) is 4.98. The quantitative estimate of drug-likeness (QED) is 0.344. The second-order valence-electron chi connectivity index (χ2n) is 12.4. The average Bonchev–Trinajstić information content (AvgIpc) is 3.16. The molecular weight excluding hydrogens is 474 g/mol. The van der Waals surface area contributed by atoms with E-state index in [4.69, 9.17) is 10.2 Å². The Kier molecular flexibility index (Phi) is 9.85. The third-order valence-electron chi connectivity index (χ3n) is 9.87. The summed E-state index contributed by atoms with van der Waals surface area (Å²) >= 11 is 1.89. The number of hydrogen-bond acceptors (Lipinski definition) is 6. The minimum atomic E-state index is 0.446. The number of rotatable bonds is 7. The van der Waals surface area contributed by atoms with E-state index in [0.29, 0.717) is 5.92 Å². The lowest BCUT2D eigenvalue weighted by Crippen LogP contribution is -2.29. The molecule has 2 saturated carbocycles. The van der Waals surface area contributed by atoms with Gasteiger partial charge in [-0.1, -0.05) is 78.1 Å². The first kappa shape index (κ1) is 27.0. The second-order valence-corrected chi connectivity index (χ2v) is 13.5. The Morgan fingerprint density at radius 1 is 0.838 bits per heavy atom. The van der Waals surface area contributed by atoms with E-state index in [1.807, 2.05) is 23.7 Å². The van der Waals surface area contributed by atoms with Crippen molar-refractivity contribution in [2.45, 2.75) is 122 Å². The van der Waals surface area contributed by atoms with E-state index < -0.39 is 0 Å². The van der Waals surface area contributed by atoms with Crippen molar-refractivity contribution in [3.63, 3.8) is 0 Å². The van der Waals surface area contributed by atoms with E-state index in [9.17, 15) is 0 Å². The van der Waals surface area contributed by atoms with Gasteiger partial charge in [0, 0.05) is 37.8 Å². The Balaban J connectivity index is 1.15. The van der Waals surface area contributed by atoms with Crippen LogP contribution in [0.3, 0.4) is 0 Å². The maximum absolute atomic E-state index is 4.74. The number of nitrogens with zero attached hydrogens (tertiary/aromatic N) is 5. The van der Waals surface area contributed by atoms with Crippen molar-refractivity contribution in [2.24, 2.45) is 23.7 Å². The maximum Gasteiger partial charge on any atom is 0.225 e. The molecule has 0 radical (unpaired) electrons. The van der Waals surface area contributed by atoms with Crippen LogP contribution in [0.5, 0.6) is 0 Å². The van der Waals surface area contributed by atoms with Gasteiger partial charge >= 0.3 is 0 Å². The van der Waals surface area contributed by atoms with Crippen molar-refractivity contribution in [1.82, 2.24) is 20.2 Å². The van der Waals surface area contributed by atoms with Crippen LogP contribution in [0.15, 0.2) is 12.4 Å². The first-order chi connectivity index (χ1) is 18.2. The number of hydrogen-bond donors (Lipinski definition) is 0.